The van der Waals surface area contributed by atoms with Crippen molar-refractivity contribution >= 4 is 28.6 Å². The molecule has 0 radical (unpaired) electrons. The predicted molar refractivity (Wildman–Crippen MR) is 118 cm³/mol. The Kier molecular flexibility index (Phi) is 6.27. The minimum Gasteiger partial charge on any atom is -0.497 e. The lowest BCUT2D eigenvalue weighted by Crippen LogP contribution is -2.40. The fraction of sp³-hybridized carbons (Fsp3) is 0.522. The van der Waals surface area contributed by atoms with Crippen molar-refractivity contribution in [3.8, 4) is 5.75 Å². The third-order valence-corrected chi connectivity index (χ3v) is 6.04. The molecule has 0 saturated carbocycles. The van der Waals surface area contributed by atoms with Gasteiger partial charge in [-0.2, -0.15) is 0 Å². The Bertz CT molecular complexity index is 971. The second-order valence-electron chi connectivity index (χ2n) is 8.61. The molecule has 1 atom stereocenters. The van der Waals surface area contributed by atoms with Crippen LogP contribution in [-0.2, 0) is 9.53 Å². The molecule has 2 saturated heterocycles. The van der Waals surface area contributed by atoms with Gasteiger partial charge in [0.05, 0.1) is 24.9 Å². The van der Waals surface area contributed by atoms with E-state index in [0.717, 1.165) is 42.1 Å². The molecule has 1 aromatic heterocycles. The molecule has 2 fully saturated rings. The van der Waals surface area contributed by atoms with E-state index >= 15 is 0 Å². The Labute approximate surface area is 182 Å². The third-order valence-electron chi connectivity index (χ3n) is 6.04. The molecule has 166 valence electrons. The van der Waals surface area contributed by atoms with Crippen molar-refractivity contribution < 1.29 is 19.1 Å². The van der Waals surface area contributed by atoms with Crippen LogP contribution in [0.1, 0.15) is 25.5 Å². The molecule has 2 aliphatic heterocycles. The molecule has 1 unspecified atom stereocenters. The Balaban J connectivity index is 1.38. The number of anilines is 1. The fourth-order valence-electron chi connectivity index (χ4n) is 4.26. The average Bonchev–Trinajstić information content (AvgIpc) is 3.07. The molecular formula is C23H30N4O4. The number of nitrogens with zero attached hydrogens (tertiary/aromatic N) is 3. The zero-order valence-electron chi connectivity index (χ0n) is 18.4. The van der Waals surface area contributed by atoms with E-state index in [9.17, 15) is 9.59 Å². The van der Waals surface area contributed by atoms with Crippen molar-refractivity contribution in [3.63, 3.8) is 0 Å². The molecule has 8 heteroatoms. The maximum Gasteiger partial charge on any atom is 0.410 e. The van der Waals surface area contributed by atoms with Crippen LogP contribution in [0.3, 0.4) is 0 Å². The molecule has 8 nitrogen and oxygen atoms in total. The van der Waals surface area contributed by atoms with Crippen molar-refractivity contribution in [1.29, 1.82) is 0 Å². The number of carbonyl (C=O) groups is 2. The maximum absolute atomic E-state index is 12.7. The van der Waals surface area contributed by atoms with Gasteiger partial charge in [0.1, 0.15) is 18.4 Å². The van der Waals surface area contributed by atoms with Gasteiger partial charge in [-0.1, -0.05) is 6.92 Å². The summed E-state index contributed by atoms with van der Waals surface area (Å²) in [5, 5.41) is 3.72. The number of methoxy groups -OCH3 is 1. The second-order valence-corrected chi connectivity index (χ2v) is 8.61. The molecule has 1 N–H and O–H groups in total. The summed E-state index contributed by atoms with van der Waals surface area (Å²) in [4.78, 5) is 33.4. The van der Waals surface area contributed by atoms with E-state index < -0.39 is 6.09 Å². The molecule has 3 heterocycles. The van der Waals surface area contributed by atoms with E-state index in [1.165, 1.54) is 17.7 Å². The fourth-order valence-corrected chi connectivity index (χ4v) is 4.26. The Morgan fingerprint density at radius 1 is 1.29 bits per heavy atom. The van der Waals surface area contributed by atoms with Gasteiger partial charge in [-0.05, 0) is 63.0 Å². The van der Waals surface area contributed by atoms with E-state index in [1.807, 2.05) is 31.2 Å². The first-order chi connectivity index (χ1) is 14.9. The minimum absolute atomic E-state index is 0.0425. The summed E-state index contributed by atoms with van der Waals surface area (Å²) in [6.45, 7) is 7.34. The molecule has 1 aromatic carbocycles. The number of amides is 2. The smallest absolute Gasteiger partial charge is 0.410 e. The summed E-state index contributed by atoms with van der Waals surface area (Å²) < 4.78 is 10.8. The normalized spacial score (nSPS) is 20.2. The molecule has 2 amide bonds. The van der Waals surface area contributed by atoms with Crippen LogP contribution in [0.25, 0.3) is 10.9 Å². The first-order valence-electron chi connectivity index (χ1n) is 10.8. The van der Waals surface area contributed by atoms with Gasteiger partial charge in [-0.3, -0.25) is 19.6 Å². The van der Waals surface area contributed by atoms with Gasteiger partial charge in [0.15, 0.2) is 0 Å². The monoisotopic (exact) mass is 426 g/mol. The third kappa shape index (κ3) is 5.07. The summed E-state index contributed by atoms with van der Waals surface area (Å²) in [6.07, 6.45) is 1.73. The molecule has 2 aliphatic rings. The highest BCUT2D eigenvalue weighted by Crippen LogP contribution is 2.27. The number of ether oxygens (including phenoxy) is 2. The molecule has 31 heavy (non-hydrogen) atoms. The van der Waals surface area contributed by atoms with Crippen molar-refractivity contribution in [3.05, 3.63) is 30.0 Å². The lowest BCUT2D eigenvalue weighted by atomic mass is 9.99. The SMILES string of the molecule is COc1ccc2nc(C)cc(NC(=O)CN3CC(CN4CCC(C)CC4)OC3=O)c2c1. The van der Waals surface area contributed by atoms with Crippen LogP contribution in [0.15, 0.2) is 24.3 Å². The van der Waals surface area contributed by atoms with Gasteiger partial charge in [-0.25, -0.2) is 4.79 Å². The summed E-state index contributed by atoms with van der Waals surface area (Å²) in [5.41, 5.74) is 2.22. The predicted octanol–water partition coefficient (Wildman–Crippen LogP) is 3.04. The summed E-state index contributed by atoms with van der Waals surface area (Å²) >= 11 is 0. The van der Waals surface area contributed by atoms with E-state index in [1.54, 1.807) is 7.11 Å². The number of benzene rings is 1. The van der Waals surface area contributed by atoms with Crippen molar-refractivity contribution in [2.24, 2.45) is 5.92 Å². The highest BCUT2D eigenvalue weighted by atomic mass is 16.6. The van der Waals surface area contributed by atoms with Crippen LogP contribution < -0.4 is 10.1 Å². The molecule has 4 rings (SSSR count). The number of pyridine rings is 1. The zero-order valence-corrected chi connectivity index (χ0v) is 18.4. The van der Waals surface area contributed by atoms with Crippen molar-refractivity contribution in [2.45, 2.75) is 32.8 Å². The largest absolute Gasteiger partial charge is 0.497 e. The number of likely N-dealkylation sites (tertiary alicyclic amines) is 1. The quantitative estimate of drug-likeness (QED) is 0.764. The van der Waals surface area contributed by atoms with Crippen LogP contribution in [0.2, 0.25) is 0 Å². The number of fused-ring (bicyclic) bond motifs is 1. The maximum atomic E-state index is 12.7. The van der Waals surface area contributed by atoms with Gasteiger partial charge >= 0.3 is 6.09 Å². The minimum atomic E-state index is -0.428. The van der Waals surface area contributed by atoms with Gasteiger partial charge in [0.2, 0.25) is 5.91 Å². The van der Waals surface area contributed by atoms with Gasteiger partial charge in [-0.15, -0.1) is 0 Å². The number of aryl methyl sites for hydroxylation is 1. The van der Waals surface area contributed by atoms with E-state index in [2.05, 4.69) is 22.1 Å². The van der Waals surface area contributed by atoms with Crippen LogP contribution in [0, 0.1) is 12.8 Å². The molecule has 0 spiro atoms. The van der Waals surface area contributed by atoms with Crippen LogP contribution in [0.4, 0.5) is 10.5 Å². The number of carbonyl (C=O) groups excluding carboxylic acids is 2. The molecule has 0 aliphatic carbocycles. The Hall–Kier alpha value is -2.87. The lowest BCUT2D eigenvalue weighted by molar-refractivity contribution is -0.116. The number of aromatic nitrogens is 1. The zero-order chi connectivity index (χ0) is 22.0. The van der Waals surface area contributed by atoms with E-state index in [-0.39, 0.29) is 18.6 Å². The number of hydrogen-bond donors (Lipinski definition) is 1. The second kappa shape index (κ2) is 9.09. The standard InChI is InChI=1S/C23H30N4O4/c1-15-6-8-26(9-7-15)12-18-13-27(23(29)31-18)14-22(28)25-21-10-16(2)24-20-5-4-17(30-3)11-19(20)21/h4-5,10-11,15,18H,6-9,12-14H2,1-3H3,(H,24,25,28). The number of piperidine rings is 1. The van der Waals surface area contributed by atoms with Crippen molar-refractivity contribution in [1.82, 2.24) is 14.8 Å². The average molecular weight is 427 g/mol. The van der Waals surface area contributed by atoms with Gasteiger partial charge < -0.3 is 14.8 Å². The Morgan fingerprint density at radius 2 is 2.06 bits per heavy atom. The highest BCUT2D eigenvalue weighted by Gasteiger charge is 2.34. The van der Waals surface area contributed by atoms with Gasteiger partial charge in [0.25, 0.3) is 0 Å². The summed E-state index contributed by atoms with van der Waals surface area (Å²) in [5.74, 6) is 1.18. The molecule has 2 aromatic rings. The first kappa shape index (κ1) is 21.4. The molecular weight excluding hydrogens is 396 g/mol. The number of nitrogens with one attached hydrogen (secondary N) is 1. The Morgan fingerprint density at radius 3 is 2.81 bits per heavy atom. The number of rotatable bonds is 6. The van der Waals surface area contributed by atoms with Gasteiger partial charge in [0, 0.05) is 17.6 Å². The number of hydrogen-bond acceptors (Lipinski definition) is 6. The topological polar surface area (TPSA) is 84.0 Å². The van der Waals surface area contributed by atoms with Crippen LogP contribution in [0.5, 0.6) is 5.75 Å². The highest BCUT2D eigenvalue weighted by molar-refractivity contribution is 6.02. The van der Waals surface area contributed by atoms with E-state index in [4.69, 9.17) is 9.47 Å². The molecule has 0 bridgehead atoms. The van der Waals surface area contributed by atoms with Crippen LogP contribution in [-0.4, -0.2) is 72.7 Å². The summed E-state index contributed by atoms with van der Waals surface area (Å²) in [6, 6.07) is 7.36. The van der Waals surface area contributed by atoms with Crippen molar-refractivity contribution in [2.75, 3.05) is 45.2 Å². The first-order valence-corrected chi connectivity index (χ1v) is 10.8. The number of cyclic esters (lactones) is 1. The summed E-state index contributed by atoms with van der Waals surface area (Å²) in [7, 11) is 1.60. The van der Waals surface area contributed by atoms with E-state index in [0.29, 0.717) is 18.0 Å². The lowest BCUT2D eigenvalue weighted by Gasteiger charge is -2.31. The van der Waals surface area contributed by atoms with Crippen LogP contribution >= 0.6 is 0 Å².